The summed E-state index contributed by atoms with van der Waals surface area (Å²) in [6.45, 7) is 0.769. The Hall–Kier alpha value is -1.86. The van der Waals surface area contributed by atoms with Gasteiger partial charge in [0.05, 0.1) is 10.6 Å². The van der Waals surface area contributed by atoms with Crippen molar-refractivity contribution in [3.8, 4) is 0 Å². The third-order valence-corrected chi connectivity index (χ3v) is 4.40. The normalized spacial score (nSPS) is 17.0. The first kappa shape index (κ1) is 15.5. The van der Waals surface area contributed by atoms with Crippen LogP contribution in [0, 0.1) is 10.1 Å². The van der Waals surface area contributed by atoms with Crippen LogP contribution in [0.1, 0.15) is 25.7 Å². The lowest BCUT2D eigenvalue weighted by atomic mass is 9.96. The van der Waals surface area contributed by atoms with Gasteiger partial charge in [0.2, 0.25) is 0 Å². The maximum atomic E-state index is 11.0. The van der Waals surface area contributed by atoms with Crippen molar-refractivity contribution in [3.63, 3.8) is 0 Å². The first-order chi connectivity index (χ1) is 9.97. The van der Waals surface area contributed by atoms with E-state index in [1.165, 1.54) is 18.9 Å². The first-order valence-electron chi connectivity index (χ1n) is 7.14. The number of rotatable bonds is 6. The van der Waals surface area contributed by atoms with Gasteiger partial charge < -0.3 is 15.6 Å². The number of hydrazine groups is 1. The van der Waals surface area contributed by atoms with Crippen molar-refractivity contribution in [1.82, 2.24) is 4.90 Å². The predicted molar refractivity (Wildman–Crippen MR) is 84.3 cm³/mol. The molecule has 21 heavy (non-hydrogen) atoms. The molecular formula is C14H23N5O2. The van der Waals surface area contributed by atoms with E-state index in [1.54, 1.807) is 12.1 Å². The fourth-order valence-corrected chi connectivity index (χ4v) is 2.98. The molecule has 1 fully saturated rings. The number of nitrogens with one attached hydrogen (secondary N) is 2. The smallest absolute Gasteiger partial charge is 0.273 e. The summed E-state index contributed by atoms with van der Waals surface area (Å²) in [4.78, 5) is 12.8. The third-order valence-electron chi connectivity index (χ3n) is 4.40. The molecule has 7 nitrogen and oxygen atoms in total. The topological polar surface area (TPSA) is 96.5 Å². The number of non-ortho nitro benzene ring substituents is 1. The van der Waals surface area contributed by atoms with E-state index in [-0.39, 0.29) is 11.2 Å². The van der Waals surface area contributed by atoms with Crippen LogP contribution in [-0.2, 0) is 0 Å². The average Bonchev–Trinajstić information content (AvgIpc) is 2.95. The number of hydrogen-bond donors (Lipinski definition) is 3. The van der Waals surface area contributed by atoms with E-state index in [2.05, 4.69) is 29.7 Å². The molecule has 0 unspecified atom stereocenters. The maximum absolute atomic E-state index is 11.0. The lowest BCUT2D eigenvalue weighted by Crippen LogP contribution is -2.47. The summed E-state index contributed by atoms with van der Waals surface area (Å²) in [6.07, 6.45) is 4.74. The Balaban J connectivity index is 2.15. The highest BCUT2D eigenvalue weighted by atomic mass is 16.6. The van der Waals surface area contributed by atoms with Gasteiger partial charge >= 0.3 is 0 Å². The zero-order chi connectivity index (χ0) is 15.5. The van der Waals surface area contributed by atoms with E-state index in [0.717, 1.165) is 19.4 Å². The standard InChI is InChI=1S/C14H23N5O2/c1-18(2)14(5-3-4-6-14)10-16-11-7-12(17-15)9-13(8-11)19(20)21/h7-9,16-17H,3-6,10,15H2,1-2H3. The van der Waals surface area contributed by atoms with Crippen LogP contribution >= 0.6 is 0 Å². The third kappa shape index (κ3) is 3.43. The van der Waals surface area contributed by atoms with Gasteiger partial charge in [-0.15, -0.1) is 0 Å². The van der Waals surface area contributed by atoms with Crippen LogP contribution in [0.25, 0.3) is 0 Å². The Kier molecular flexibility index (Phi) is 4.64. The summed E-state index contributed by atoms with van der Waals surface area (Å²) in [5.41, 5.74) is 3.86. The molecule has 116 valence electrons. The quantitative estimate of drug-likeness (QED) is 0.422. The molecule has 1 aromatic rings. The number of nitro groups is 1. The van der Waals surface area contributed by atoms with E-state index in [1.807, 2.05) is 0 Å². The van der Waals surface area contributed by atoms with Gasteiger partial charge in [-0.3, -0.25) is 16.0 Å². The molecule has 0 bridgehead atoms. The average molecular weight is 293 g/mol. The van der Waals surface area contributed by atoms with E-state index >= 15 is 0 Å². The molecule has 0 saturated heterocycles. The Morgan fingerprint density at radius 3 is 2.43 bits per heavy atom. The molecule has 7 heteroatoms. The molecule has 0 aliphatic heterocycles. The van der Waals surface area contributed by atoms with Gasteiger partial charge in [-0.25, -0.2) is 0 Å². The Labute approximate surface area is 124 Å². The minimum atomic E-state index is -0.413. The number of nitrogens with zero attached hydrogens (tertiary/aromatic N) is 2. The van der Waals surface area contributed by atoms with E-state index in [4.69, 9.17) is 5.84 Å². The summed E-state index contributed by atoms with van der Waals surface area (Å²) in [7, 11) is 4.18. The second-order valence-electron chi connectivity index (χ2n) is 5.85. The summed E-state index contributed by atoms with van der Waals surface area (Å²) in [6, 6.07) is 4.74. The molecule has 0 aromatic heterocycles. The van der Waals surface area contributed by atoms with Crippen molar-refractivity contribution in [2.24, 2.45) is 5.84 Å². The molecule has 1 aliphatic rings. The second kappa shape index (κ2) is 6.28. The predicted octanol–water partition coefficient (Wildman–Crippen LogP) is 2.17. The van der Waals surface area contributed by atoms with Crippen molar-refractivity contribution in [2.45, 2.75) is 31.2 Å². The van der Waals surface area contributed by atoms with Gasteiger partial charge in [0.15, 0.2) is 0 Å². The largest absolute Gasteiger partial charge is 0.383 e. The zero-order valence-corrected chi connectivity index (χ0v) is 12.6. The van der Waals surface area contributed by atoms with Gasteiger partial charge in [0.25, 0.3) is 5.69 Å². The van der Waals surface area contributed by atoms with Gasteiger partial charge in [0.1, 0.15) is 0 Å². The van der Waals surface area contributed by atoms with Crippen LogP contribution in [0.4, 0.5) is 17.1 Å². The van der Waals surface area contributed by atoms with Crippen molar-refractivity contribution >= 4 is 17.1 Å². The van der Waals surface area contributed by atoms with Crippen molar-refractivity contribution in [1.29, 1.82) is 0 Å². The molecule has 1 aromatic carbocycles. The van der Waals surface area contributed by atoms with Crippen LogP contribution in [0.15, 0.2) is 18.2 Å². The molecule has 2 rings (SSSR count). The lowest BCUT2D eigenvalue weighted by molar-refractivity contribution is -0.384. The van der Waals surface area contributed by atoms with E-state index in [9.17, 15) is 10.1 Å². The zero-order valence-electron chi connectivity index (χ0n) is 12.6. The number of nitrogen functional groups attached to an aromatic ring is 1. The van der Waals surface area contributed by atoms with Crippen LogP contribution < -0.4 is 16.6 Å². The summed E-state index contributed by atoms with van der Waals surface area (Å²) < 4.78 is 0. The fraction of sp³-hybridized carbons (Fsp3) is 0.571. The summed E-state index contributed by atoms with van der Waals surface area (Å²) >= 11 is 0. The number of nitrogens with two attached hydrogens (primary N) is 1. The molecule has 1 saturated carbocycles. The first-order valence-corrected chi connectivity index (χ1v) is 7.14. The Morgan fingerprint density at radius 1 is 1.29 bits per heavy atom. The van der Waals surface area contributed by atoms with E-state index in [0.29, 0.717) is 11.4 Å². The highest BCUT2D eigenvalue weighted by Gasteiger charge is 2.35. The Morgan fingerprint density at radius 2 is 1.90 bits per heavy atom. The van der Waals surface area contributed by atoms with Gasteiger partial charge in [-0.1, -0.05) is 12.8 Å². The highest BCUT2D eigenvalue weighted by Crippen LogP contribution is 2.34. The van der Waals surface area contributed by atoms with Crippen molar-refractivity contribution < 1.29 is 4.92 Å². The number of nitro benzene ring substituents is 1. The second-order valence-corrected chi connectivity index (χ2v) is 5.85. The SMILES string of the molecule is CN(C)C1(CNc2cc(NN)cc([N+](=O)[O-])c2)CCCC1. The molecule has 1 aliphatic carbocycles. The molecular weight excluding hydrogens is 270 g/mol. The highest BCUT2D eigenvalue weighted by molar-refractivity contribution is 5.63. The minimum Gasteiger partial charge on any atom is -0.383 e. The molecule has 0 atom stereocenters. The summed E-state index contributed by atoms with van der Waals surface area (Å²) in [5, 5.41) is 14.3. The molecule has 0 heterocycles. The van der Waals surface area contributed by atoms with Crippen LogP contribution in [0.5, 0.6) is 0 Å². The number of benzene rings is 1. The fourth-order valence-electron chi connectivity index (χ4n) is 2.98. The lowest BCUT2D eigenvalue weighted by Gasteiger charge is -2.36. The molecule has 0 spiro atoms. The number of hydrogen-bond acceptors (Lipinski definition) is 6. The van der Waals surface area contributed by atoms with Crippen molar-refractivity contribution in [3.05, 3.63) is 28.3 Å². The number of likely N-dealkylation sites (N-methyl/N-ethyl adjacent to an activating group) is 1. The van der Waals surface area contributed by atoms with Gasteiger partial charge in [-0.2, -0.15) is 0 Å². The molecule has 0 radical (unpaired) electrons. The number of anilines is 2. The molecule has 4 N–H and O–H groups in total. The van der Waals surface area contributed by atoms with Crippen LogP contribution in [-0.4, -0.2) is 36.0 Å². The monoisotopic (exact) mass is 293 g/mol. The van der Waals surface area contributed by atoms with Crippen LogP contribution in [0.2, 0.25) is 0 Å². The van der Waals surface area contributed by atoms with Gasteiger partial charge in [-0.05, 0) is 33.0 Å². The molecule has 0 amide bonds. The maximum Gasteiger partial charge on any atom is 0.273 e. The van der Waals surface area contributed by atoms with E-state index < -0.39 is 4.92 Å². The van der Waals surface area contributed by atoms with Crippen molar-refractivity contribution in [2.75, 3.05) is 31.4 Å². The minimum absolute atomic E-state index is 0.0262. The van der Waals surface area contributed by atoms with Gasteiger partial charge in [0, 0.05) is 29.9 Å². The summed E-state index contributed by atoms with van der Waals surface area (Å²) in [5.74, 6) is 5.37. The van der Waals surface area contributed by atoms with Crippen LogP contribution in [0.3, 0.4) is 0 Å². The Bertz CT molecular complexity index is 512.